The number of amides is 1. The smallest absolute Gasteiger partial charge is 0.295 e. The Balaban J connectivity index is 1.46. The summed E-state index contributed by atoms with van der Waals surface area (Å²) in [6.45, 7) is 10.1. The van der Waals surface area contributed by atoms with Gasteiger partial charge in [-0.3, -0.25) is 18.8 Å². The molecule has 0 aliphatic heterocycles. The molecule has 2 aromatic heterocycles. The van der Waals surface area contributed by atoms with Gasteiger partial charge in [-0.05, 0) is 50.1 Å². The molecule has 10 heteroatoms. The fourth-order valence-corrected chi connectivity index (χ4v) is 4.84. The molecule has 0 aliphatic carbocycles. The maximum Gasteiger partial charge on any atom is 0.295 e. The lowest BCUT2D eigenvalue weighted by molar-refractivity contribution is -0.113. The van der Waals surface area contributed by atoms with Crippen LogP contribution in [0.15, 0.2) is 77.2 Å². The molecule has 1 N–H and O–H groups in total. The van der Waals surface area contributed by atoms with E-state index in [0.29, 0.717) is 23.2 Å². The largest absolute Gasteiger partial charge is 0.483 e. The van der Waals surface area contributed by atoms with Crippen molar-refractivity contribution in [2.45, 2.75) is 45.0 Å². The lowest BCUT2D eigenvalue weighted by Gasteiger charge is -2.16. The Bertz CT molecular complexity index is 1470. The van der Waals surface area contributed by atoms with Gasteiger partial charge in [-0.25, -0.2) is 4.68 Å². The van der Waals surface area contributed by atoms with Crippen LogP contribution < -0.4 is 15.6 Å². The maximum absolute atomic E-state index is 13.1. The van der Waals surface area contributed by atoms with Gasteiger partial charge in [-0.15, -0.1) is 16.8 Å². The van der Waals surface area contributed by atoms with E-state index in [4.69, 9.17) is 4.74 Å². The van der Waals surface area contributed by atoms with E-state index in [1.165, 1.54) is 22.0 Å². The molecule has 1 atom stereocenters. The van der Waals surface area contributed by atoms with E-state index in [0.717, 1.165) is 17.9 Å². The van der Waals surface area contributed by atoms with Crippen LogP contribution in [0, 0.1) is 6.92 Å². The van der Waals surface area contributed by atoms with Crippen LogP contribution in [0.4, 0.5) is 5.69 Å². The zero-order valence-corrected chi connectivity index (χ0v) is 22.9. The van der Waals surface area contributed by atoms with Crippen molar-refractivity contribution in [3.63, 3.8) is 0 Å². The average molecular weight is 533 g/mol. The summed E-state index contributed by atoms with van der Waals surface area (Å²) in [6, 6.07) is 17.3. The number of anilines is 1. The van der Waals surface area contributed by atoms with Crippen molar-refractivity contribution in [3.8, 4) is 11.4 Å². The number of allylic oxidation sites excluding steroid dienone is 1. The van der Waals surface area contributed by atoms with Crippen LogP contribution in [0.5, 0.6) is 5.75 Å². The Morgan fingerprint density at radius 1 is 1.16 bits per heavy atom. The van der Waals surface area contributed by atoms with Gasteiger partial charge in [0.05, 0.1) is 17.1 Å². The van der Waals surface area contributed by atoms with Crippen LogP contribution in [-0.4, -0.2) is 35.8 Å². The third-order valence-electron chi connectivity index (χ3n) is 6.22. The Hall–Kier alpha value is -4.05. The second kappa shape index (κ2) is 12.0. The number of carbonyl (C=O) groups is 1. The van der Waals surface area contributed by atoms with Crippen LogP contribution in [0.2, 0.25) is 0 Å². The number of para-hydroxylation sites is 1. The Morgan fingerprint density at radius 3 is 2.53 bits per heavy atom. The lowest BCUT2D eigenvalue weighted by atomic mass is 10.2. The van der Waals surface area contributed by atoms with Crippen LogP contribution in [0.3, 0.4) is 0 Å². The molecular formula is C28H32N6O3S. The number of hydrogen-bond acceptors (Lipinski definition) is 6. The minimum absolute atomic E-state index is 0.0576. The van der Waals surface area contributed by atoms with Crippen molar-refractivity contribution in [2.75, 3.05) is 11.1 Å². The third-order valence-corrected chi connectivity index (χ3v) is 7.18. The van der Waals surface area contributed by atoms with Gasteiger partial charge in [0.1, 0.15) is 11.4 Å². The summed E-state index contributed by atoms with van der Waals surface area (Å²) in [5.74, 6) is 1.13. The maximum atomic E-state index is 13.1. The molecule has 198 valence electrons. The Labute approximate surface area is 226 Å². The Kier molecular flexibility index (Phi) is 8.52. The number of aromatic nitrogens is 5. The number of nitrogens with zero attached hydrogens (tertiary/aromatic N) is 5. The number of hydrogen-bond donors (Lipinski definition) is 1. The highest BCUT2D eigenvalue weighted by molar-refractivity contribution is 7.99. The number of benzene rings is 2. The van der Waals surface area contributed by atoms with E-state index in [9.17, 15) is 9.59 Å². The summed E-state index contributed by atoms with van der Waals surface area (Å²) in [6.07, 6.45) is 2.35. The number of aryl methyl sites for hydroxylation is 1. The molecule has 0 fully saturated rings. The van der Waals surface area contributed by atoms with Gasteiger partial charge in [-0.1, -0.05) is 55.1 Å². The third kappa shape index (κ3) is 5.75. The predicted molar refractivity (Wildman–Crippen MR) is 150 cm³/mol. The van der Waals surface area contributed by atoms with Crippen molar-refractivity contribution in [2.24, 2.45) is 7.05 Å². The first-order valence-electron chi connectivity index (χ1n) is 12.4. The molecule has 0 bridgehead atoms. The topological polar surface area (TPSA) is 96.0 Å². The normalized spacial score (nSPS) is 11.8. The second-order valence-electron chi connectivity index (χ2n) is 8.77. The number of carbonyl (C=O) groups excluding carboxylic acids is 1. The molecular weight excluding hydrogens is 500 g/mol. The molecule has 2 heterocycles. The first-order chi connectivity index (χ1) is 18.3. The van der Waals surface area contributed by atoms with Crippen LogP contribution in [0.25, 0.3) is 5.69 Å². The molecule has 1 unspecified atom stereocenters. The molecule has 2 aromatic carbocycles. The summed E-state index contributed by atoms with van der Waals surface area (Å²) in [4.78, 5) is 26.0. The average Bonchev–Trinajstić information content (AvgIpc) is 3.42. The van der Waals surface area contributed by atoms with E-state index in [1.807, 2.05) is 66.1 Å². The van der Waals surface area contributed by atoms with E-state index < -0.39 is 0 Å². The van der Waals surface area contributed by atoms with Gasteiger partial charge in [0, 0.05) is 13.6 Å². The number of thioether (sulfide) groups is 1. The summed E-state index contributed by atoms with van der Waals surface area (Å²) < 4.78 is 11.2. The quantitative estimate of drug-likeness (QED) is 0.222. The second-order valence-corrected chi connectivity index (χ2v) is 9.71. The molecule has 0 radical (unpaired) electrons. The van der Waals surface area contributed by atoms with Crippen LogP contribution in [0.1, 0.15) is 37.0 Å². The summed E-state index contributed by atoms with van der Waals surface area (Å²) in [5, 5.41) is 12.0. The van der Waals surface area contributed by atoms with Crippen molar-refractivity contribution in [1.82, 2.24) is 24.1 Å². The van der Waals surface area contributed by atoms with Crippen LogP contribution >= 0.6 is 11.8 Å². The highest BCUT2D eigenvalue weighted by Crippen LogP contribution is 2.25. The minimum atomic E-state index is -0.360. The van der Waals surface area contributed by atoms with Crippen molar-refractivity contribution in [3.05, 3.63) is 94.7 Å². The van der Waals surface area contributed by atoms with E-state index in [2.05, 4.69) is 29.0 Å². The highest BCUT2D eigenvalue weighted by atomic mass is 32.2. The Morgan fingerprint density at radius 2 is 1.87 bits per heavy atom. The van der Waals surface area contributed by atoms with Gasteiger partial charge in [-0.2, -0.15) is 0 Å². The van der Waals surface area contributed by atoms with Crippen molar-refractivity contribution < 1.29 is 9.53 Å². The predicted octanol–water partition coefficient (Wildman–Crippen LogP) is 4.70. The van der Waals surface area contributed by atoms with Gasteiger partial charge >= 0.3 is 0 Å². The molecule has 4 rings (SSSR count). The monoisotopic (exact) mass is 532 g/mol. The van der Waals surface area contributed by atoms with Crippen LogP contribution in [-0.2, 0) is 24.8 Å². The van der Waals surface area contributed by atoms with Gasteiger partial charge < -0.3 is 10.1 Å². The molecule has 0 spiro atoms. The number of rotatable bonds is 11. The highest BCUT2D eigenvalue weighted by Gasteiger charge is 2.21. The first-order valence-corrected chi connectivity index (χ1v) is 13.4. The lowest BCUT2D eigenvalue weighted by Crippen LogP contribution is -2.23. The molecule has 0 saturated carbocycles. The zero-order valence-electron chi connectivity index (χ0n) is 22.0. The van der Waals surface area contributed by atoms with Gasteiger partial charge in [0.25, 0.3) is 5.56 Å². The summed E-state index contributed by atoms with van der Waals surface area (Å²) in [5.41, 5.74) is 2.59. The number of ether oxygens (including phenoxy) is 1. The summed E-state index contributed by atoms with van der Waals surface area (Å²) >= 11 is 1.24. The fourth-order valence-electron chi connectivity index (χ4n) is 4.09. The first kappa shape index (κ1) is 27.0. The summed E-state index contributed by atoms with van der Waals surface area (Å²) in [7, 11) is 1.79. The minimum Gasteiger partial charge on any atom is -0.483 e. The van der Waals surface area contributed by atoms with Crippen molar-refractivity contribution >= 4 is 23.4 Å². The molecule has 38 heavy (non-hydrogen) atoms. The number of nitrogens with one attached hydrogen (secondary N) is 1. The van der Waals surface area contributed by atoms with Crippen molar-refractivity contribution in [1.29, 1.82) is 0 Å². The van der Waals surface area contributed by atoms with Gasteiger partial charge in [0.2, 0.25) is 5.91 Å². The zero-order chi connectivity index (χ0) is 27.2. The fraction of sp³-hybridized carbons (Fsp3) is 0.286. The molecule has 0 saturated heterocycles. The molecule has 9 nitrogen and oxygen atoms in total. The van der Waals surface area contributed by atoms with E-state index in [1.54, 1.807) is 24.7 Å². The molecule has 1 amide bonds. The van der Waals surface area contributed by atoms with E-state index >= 15 is 0 Å². The van der Waals surface area contributed by atoms with E-state index in [-0.39, 0.29) is 29.0 Å². The van der Waals surface area contributed by atoms with Gasteiger partial charge in [0.15, 0.2) is 17.1 Å². The molecule has 0 aliphatic rings. The molecule has 4 aromatic rings. The standard InChI is InChI=1S/C28H32N6O3S/c1-6-17-33-26(20(4)37-23-15-13-21(7-2)14-16-23)30-31-28(33)38-18-24(35)29-25-19(3)32(5)34(27(25)36)22-11-9-8-10-12-22/h6,8-16,20H,1,7,17-18H2,2-5H3,(H,29,35). The SMILES string of the molecule is C=CCn1c(SCC(=O)Nc2c(C)n(C)n(-c3ccccc3)c2=O)nnc1C(C)Oc1ccc(CC)cc1.